The number of hydrogen-bond donors (Lipinski definition) is 4. The number of aliphatic hydroxyl groups excluding tert-OH is 4. The van der Waals surface area contributed by atoms with Crippen molar-refractivity contribution in [1.29, 1.82) is 0 Å². The van der Waals surface area contributed by atoms with E-state index in [2.05, 4.69) is 0 Å². The molecule has 0 aromatic carbocycles. The monoisotopic (exact) mass is 242 g/mol. The van der Waals surface area contributed by atoms with Crippen LogP contribution < -0.4 is 0 Å². The first-order valence-corrected chi connectivity index (χ1v) is 5.13. The SMILES string of the molecule is OC[C@H]1OC(OCCCl)[C@H](O)[C@@H](O)[C@@H]1O. The maximum absolute atomic E-state index is 9.46. The molecule has 1 aliphatic heterocycles. The third-order valence-corrected chi connectivity index (χ3v) is 2.36. The number of alkyl halides is 1. The van der Waals surface area contributed by atoms with E-state index in [1.54, 1.807) is 0 Å². The molecule has 1 rings (SSSR count). The Bertz CT molecular complexity index is 190. The van der Waals surface area contributed by atoms with Crippen LogP contribution in [0.25, 0.3) is 0 Å². The molecule has 1 heterocycles. The summed E-state index contributed by atoms with van der Waals surface area (Å²) in [5.41, 5.74) is 0. The fourth-order valence-electron chi connectivity index (χ4n) is 1.37. The standard InChI is InChI=1S/C8H15ClO6/c9-1-2-14-8-7(13)6(12)5(11)4(3-10)15-8/h4-8,10-13H,1-3H2/t4-,5-,6+,7-,8?/m1/s1. The first-order valence-electron chi connectivity index (χ1n) is 4.60. The lowest BCUT2D eigenvalue weighted by atomic mass is 9.99. The number of halogens is 1. The summed E-state index contributed by atoms with van der Waals surface area (Å²) >= 11 is 5.38. The van der Waals surface area contributed by atoms with Crippen molar-refractivity contribution < 1.29 is 29.9 Å². The van der Waals surface area contributed by atoms with E-state index in [-0.39, 0.29) is 12.5 Å². The van der Waals surface area contributed by atoms with Gasteiger partial charge in [0.05, 0.1) is 13.2 Å². The highest BCUT2D eigenvalue weighted by molar-refractivity contribution is 6.17. The lowest BCUT2D eigenvalue weighted by molar-refractivity contribution is -0.299. The van der Waals surface area contributed by atoms with Gasteiger partial charge in [0.25, 0.3) is 0 Å². The Kier molecular flexibility index (Phi) is 5.20. The topological polar surface area (TPSA) is 99.4 Å². The van der Waals surface area contributed by atoms with Gasteiger partial charge in [0, 0.05) is 5.88 Å². The van der Waals surface area contributed by atoms with Gasteiger partial charge in [-0.15, -0.1) is 11.6 Å². The summed E-state index contributed by atoms with van der Waals surface area (Å²) in [4.78, 5) is 0. The van der Waals surface area contributed by atoms with Crippen LogP contribution in [0.15, 0.2) is 0 Å². The molecule has 4 N–H and O–H groups in total. The summed E-state index contributed by atoms with van der Waals surface area (Å²) in [6.07, 6.45) is -6.15. The quantitative estimate of drug-likeness (QED) is 0.428. The lowest BCUT2D eigenvalue weighted by Crippen LogP contribution is -2.59. The zero-order chi connectivity index (χ0) is 11.4. The molecule has 0 radical (unpaired) electrons. The van der Waals surface area contributed by atoms with Crippen LogP contribution in [0.3, 0.4) is 0 Å². The smallest absolute Gasteiger partial charge is 0.186 e. The second-order valence-electron chi connectivity index (χ2n) is 3.26. The highest BCUT2D eigenvalue weighted by atomic mass is 35.5. The molecule has 0 spiro atoms. The van der Waals surface area contributed by atoms with E-state index in [4.69, 9.17) is 26.2 Å². The molecule has 1 saturated heterocycles. The summed E-state index contributed by atoms with van der Waals surface area (Å²) in [5.74, 6) is 0.217. The zero-order valence-corrected chi connectivity index (χ0v) is 8.75. The Balaban J connectivity index is 2.57. The van der Waals surface area contributed by atoms with E-state index in [9.17, 15) is 15.3 Å². The van der Waals surface area contributed by atoms with Crippen molar-refractivity contribution in [2.45, 2.75) is 30.7 Å². The van der Waals surface area contributed by atoms with Gasteiger partial charge in [-0.05, 0) is 0 Å². The summed E-state index contributed by atoms with van der Waals surface area (Å²) in [6.45, 7) is -0.323. The predicted molar refractivity (Wildman–Crippen MR) is 50.4 cm³/mol. The fourth-order valence-corrected chi connectivity index (χ4v) is 1.45. The fraction of sp³-hybridized carbons (Fsp3) is 1.00. The summed E-state index contributed by atoms with van der Waals surface area (Å²) in [6, 6.07) is 0. The maximum Gasteiger partial charge on any atom is 0.186 e. The van der Waals surface area contributed by atoms with E-state index in [1.807, 2.05) is 0 Å². The van der Waals surface area contributed by atoms with Gasteiger partial charge in [0.1, 0.15) is 24.4 Å². The molecule has 5 atom stereocenters. The van der Waals surface area contributed by atoms with Crippen molar-refractivity contribution in [2.75, 3.05) is 19.1 Å². The van der Waals surface area contributed by atoms with E-state index in [1.165, 1.54) is 0 Å². The van der Waals surface area contributed by atoms with Crippen LogP contribution in [-0.2, 0) is 9.47 Å². The third-order valence-electron chi connectivity index (χ3n) is 2.21. The van der Waals surface area contributed by atoms with Crippen LogP contribution in [0, 0.1) is 0 Å². The van der Waals surface area contributed by atoms with Gasteiger partial charge in [-0.2, -0.15) is 0 Å². The molecule has 0 amide bonds. The summed E-state index contributed by atoms with van der Waals surface area (Å²) in [5, 5.41) is 37.1. The van der Waals surface area contributed by atoms with Crippen molar-refractivity contribution in [3.05, 3.63) is 0 Å². The average Bonchev–Trinajstić information content (AvgIpc) is 2.25. The highest BCUT2D eigenvalue weighted by Gasteiger charge is 2.43. The summed E-state index contributed by atoms with van der Waals surface area (Å²) in [7, 11) is 0. The minimum atomic E-state index is -1.41. The van der Waals surface area contributed by atoms with Gasteiger partial charge in [-0.3, -0.25) is 0 Å². The third kappa shape index (κ3) is 3.01. The van der Waals surface area contributed by atoms with Gasteiger partial charge in [-0.25, -0.2) is 0 Å². The first-order chi connectivity index (χ1) is 7.11. The van der Waals surface area contributed by atoms with Crippen LogP contribution in [-0.4, -0.2) is 70.2 Å². The van der Waals surface area contributed by atoms with Crippen molar-refractivity contribution in [3.8, 4) is 0 Å². The van der Waals surface area contributed by atoms with Crippen molar-refractivity contribution in [1.82, 2.24) is 0 Å². The van der Waals surface area contributed by atoms with Gasteiger partial charge < -0.3 is 29.9 Å². The Hall–Kier alpha value is 0.0500. The molecule has 15 heavy (non-hydrogen) atoms. The Morgan fingerprint density at radius 3 is 2.33 bits per heavy atom. The lowest BCUT2D eigenvalue weighted by Gasteiger charge is -2.39. The van der Waals surface area contributed by atoms with E-state index in [0.717, 1.165) is 0 Å². The molecule has 6 nitrogen and oxygen atoms in total. The van der Waals surface area contributed by atoms with E-state index in [0.29, 0.717) is 0 Å². The van der Waals surface area contributed by atoms with Crippen LogP contribution in [0.4, 0.5) is 0 Å². The van der Waals surface area contributed by atoms with Crippen molar-refractivity contribution >= 4 is 11.6 Å². The molecule has 7 heteroatoms. The van der Waals surface area contributed by atoms with Crippen LogP contribution in [0.1, 0.15) is 0 Å². The van der Waals surface area contributed by atoms with Crippen LogP contribution in [0.5, 0.6) is 0 Å². The second-order valence-corrected chi connectivity index (χ2v) is 3.64. The molecular formula is C8H15ClO6. The number of rotatable bonds is 4. The minimum Gasteiger partial charge on any atom is -0.394 e. The van der Waals surface area contributed by atoms with E-state index >= 15 is 0 Å². The molecule has 0 bridgehead atoms. The first kappa shape index (κ1) is 13.1. The minimum absolute atomic E-state index is 0.143. The van der Waals surface area contributed by atoms with Gasteiger partial charge >= 0.3 is 0 Å². The van der Waals surface area contributed by atoms with Crippen molar-refractivity contribution in [2.24, 2.45) is 0 Å². The second kappa shape index (κ2) is 5.95. The van der Waals surface area contributed by atoms with Gasteiger partial charge in [-0.1, -0.05) is 0 Å². The molecule has 0 aliphatic carbocycles. The van der Waals surface area contributed by atoms with Crippen LogP contribution in [0.2, 0.25) is 0 Å². The highest BCUT2D eigenvalue weighted by Crippen LogP contribution is 2.21. The van der Waals surface area contributed by atoms with Gasteiger partial charge in [0.2, 0.25) is 0 Å². The number of aliphatic hydroxyl groups is 4. The zero-order valence-electron chi connectivity index (χ0n) is 7.99. The molecule has 0 saturated carbocycles. The molecule has 90 valence electrons. The molecule has 0 aromatic rings. The average molecular weight is 243 g/mol. The molecule has 0 aromatic heterocycles. The molecule has 1 fully saturated rings. The normalized spacial score (nSPS) is 41.8. The van der Waals surface area contributed by atoms with E-state index < -0.39 is 37.3 Å². The molecule has 1 aliphatic rings. The molecular weight excluding hydrogens is 228 g/mol. The maximum atomic E-state index is 9.46. The summed E-state index contributed by atoms with van der Waals surface area (Å²) < 4.78 is 10.1. The van der Waals surface area contributed by atoms with Crippen molar-refractivity contribution in [3.63, 3.8) is 0 Å². The Morgan fingerprint density at radius 2 is 1.80 bits per heavy atom. The number of ether oxygens (including phenoxy) is 2. The number of hydrogen-bond acceptors (Lipinski definition) is 6. The Morgan fingerprint density at radius 1 is 1.13 bits per heavy atom. The Labute approximate surface area is 92.0 Å². The predicted octanol–water partition coefficient (Wildman–Crippen LogP) is -1.96. The largest absolute Gasteiger partial charge is 0.394 e. The molecule has 1 unspecified atom stereocenters. The van der Waals surface area contributed by atoms with Gasteiger partial charge in [0.15, 0.2) is 6.29 Å². The van der Waals surface area contributed by atoms with Crippen LogP contribution >= 0.6 is 11.6 Å².